The van der Waals surface area contributed by atoms with Gasteiger partial charge in [0.1, 0.15) is 5.75 Å². The van der Waals surface area contributed by atoms with Gasteiger partial charge >= 0.3 is 0 Å². The molecule has 0 radical (unpaired) electrons. The first-order valence-corrected chi connectivity index (χ1v) is 10.5. The first-order chi connectivity index (χ1) is 13.7. The molecule has 2 amide bonds. The van der Waals surface area contributed by atoms with Gasteiger partial charge in [0, 0.05) is 13.0 Å². The van der Waals surface area contributed by atoms with Crippen molar-refractivity contribution in [1.29, 1.82) is 0 Å². The first kappa shape index (κ1) is 22.4. The van der Waals surface area contributed by atoms with E-state index in [0.717, 1.165) is 11.1 Å². The Bertz CT molecular complexity index is 989. The van der Waals surface area contributed by atoms with E-state index >= 15 is 0 Å². The molecule has 0 aliphatic heterocycles. The van der Waals surface area contributed by atoms with E-state index in [9.17, 15) is 18.0 Å². The molecule has 156 valence electrons. The molecule has 0 saturated heterocycles. The number of ether oxygens (including phenoxy) is 1. The van der Waals surface area contributed by atoms with E-state index in [1.54, 1.807) is 36.4 Å². The summed E-state index contributed by atoms with van der Waals surface area (Å²) in [5.74, 6) is -0.459. The molecule has 0 aliphatic rings. The number of aryl methyl sites for hydroxylation is 2. The van der Waals surface area contributed by atoms with Crippen LogP contribution < -0.4 is 20.5 Å². The standard InChI is InChI=1S/C20H25N3O5S/c1-14-7-8-16(13-15(14)2)29(26,27)22-11-9-20(25)23-17-5-3-4-6-18(17)28-12-10-19(21)24/h3-8,13,22H,9-12H2,1-2H3,(H2,21,24)(H,23,25). The van der Waals surface area contributed by atoms with Crippen molar-refractivity contribution < 1.29 is 22.7 Å². The first-order valence-electron chi connectivity index (χ1n) is 9.06. The van der Waals surface area contributed by atoms with Gasteiger partial charge in [-0.2, -0.15) is 0 Å². The van der Waals surface area contributed by atoms with Gasteiger partial charge in [0.15, 0.2) is 0 Å². The fourth-order valence-electron chi connectivity index (χ4n) is 2.43. The SMILES string of the molecule is Cc1ccc(S(=O)(=O)NCCC(=O)Nc2ccccc2OCCC(N)=O)cc1C. The van der Waals surface area contributed by atoms with Crippen LogP contribution in [-0.2, 0) is 19.6 Å². The maximum Gasteiger partial charge on any atom is 0.240 e. The Kier molecular flexibility index (Phi) is 7.74. The minimum Gasteiger partial charge on any atom is -0.491 e. The Labute approximate surface area is 170 Å². The van der Waals surface area contributed by atoms with Crippen molar-refractivity contribution in [3.8, 4) is 5.75 Å². The molecule has 4 N–H and O–H groups in total. The molecule has 0 spiro atoms. The van der Waals surface area contributed by atoms with Gasteiger partial charge < -0.3 is 15.8 Å². The number of benzene rings is 2. The second kappa shape index (κ2) is 10.0. The summed E-state index contributed by atoms with van der Waals surface area (Å²) in [6.45, 7) is 3.79. The van der Waals surface area contributed by atoms with Crippen molar-refractivity contribution in [2.24, 2.45) is 5.73 Å². The van der Waals surface area contributed by atoms with Crippen LogP contribution in [0.3, 0.4) is 0 Å². The number of primary amides is 1. The smallest absolute Gasteiger partial charge is 0.240 e. The Morgan fingerprint density at radius 2 is 1.76 bits per heavy atom. The number of amides is 2. The van der Waals surface area contributed by atoms with Crippen molar-refractivity contribution in [2.45, 2.75) is 31.6 Å². The highest BCUT2D eigenvalue weighted by molar-refractivity contribution is 7.89. The van der Waals surface area contributed by atoms with Crippen molar-refractivity contribution in [1.82, 2.24) is 4.72 Å². The molecule has 8 nitrogen and oxygen atoms in total. The molecular weight excluding hydrogens is 394 g/mol. The lowest BCUT2D eigenvalue weighted by Crippen LogP contribution is -2.28. The van der Waals surface area contributed by atoms with Crippen LogP contribution in [0.4, 0.5) is 5.69 Å². The zero-order valence-corrected chi connectivity index (χ0v) is 17.2. The highest BCUT2D eigenvalue weighted by atomic mass is 32.2. The fourth-order valence-corrected chi connectivity index (χ4v) is 3.55. The van der Waals surface area contributed by atoms with E-state index in [-0.39, 0.29) is 36.8 Å². The van der Waals surface area contributed by atoms with Gasteiger partial charge in [0.25, 0.3) is 0 Å². The van der Waals surface area contributed by atoms with Gasteiger partial charge in [0.2, 0.25) is 21.8 Å². The van der Waals surface area contributed by atoms with Gasteiger partial charge in [0.05, 0.1) is 23.6 Å². The average Bonchev–Trinajstić information content (AvgIpc) is 2.65. The molecule has 0 aromatic heterocycles. The van der Waals surface area contributed by atoms with Crippen LogP contribution in [0.1, 0.15) is 24.0 Å². The summed E-state index contributed by atoms with van der Waals surface area (Å²) in [6, 6.07) is 11.6. The molecule has 0 heterocycles. The van der Waals surface area contributed by atoms with Crippen molar-refractivity contribution in [3.05, 3.63) is 53.6 Å². The van der Waals surface area contributed by atoms with Crippen molar-refractivity contribution in [3.63, 3.8) is 0 Å². The molecule has 0 bridgehead atoms. The van der Waals surface area contributed by atoms with Gasteiger partial charge in [-0.3, -0.25) is 9.59 Å². The van der Waals surface area contributed by atoms with E-state index in [4.69, 9.17) is 10.5 Å². The molecule has 2 rings (SSSR count). The van der Waals surface area contributed by atoms with E-state index < -0.39 is 15.9 Å². The Morgan fingerprint density at radius 3 is 2.45 bits per heavy atom. The predicted molar refractivity (Wildman–Crippen MR) is 110 cm³/mol. The molecule has 0 saturated carbocycles. The second-order valence-corrected chi connectivity index (χ2v) is 8.27. The number of sulfonamides is 1. The van der Waals surface area contributed by atoms with E-state index in [0.29, 0.717) is 11.4 Å². The third-order valence-electron chi connectivity index (χ3n) is 4.20. The third kappa shape index (κ3) is 6.88. The highest BCUT2D eigenvalue weighted by Crippen LogP contribution is 2.24. The summed E-state index contributed by atoms with van der Waals surface area (Å²) in [5.41, 5.74) is 7.38. The zero-order valence-electron chi connectivity index (χ0n) is 16.4. The van der Waals surface area contributed by atoms with Gasteiger partial charge in [-0.05, 0) is 49.2 Å². The summed E-state index contributed by atoms with van der Waals surface area (Å²) >= 11 is 0. The lowest BCUT2D eigenvalue weighted by molar-refractivity contribution is -0.118. The Balaban J connectivity index is 1.90. The monoisotopic (exact) mass is 419 g/mol. The number of anilines is 1. The number of rotatable bonds is 10. The molecule has 0 aliphatic carbocycles. The van der Waals surface area contributed by atoms with Crippen LogP contribution in [0, 0.1) is 13.8 Å². The van der Waals surface area contributed by atoms with Gasteiger partial charge in [-0.15, -0.1) is 0 Å². The number of carbonyl (C=O) groups excluding carboxylic acids is 2. The largest absolute Gasteiger partial charge is 0.491 e. The number of nitrogens with one attached hydrogen (secondary N) is 2. The number of hydrogen-bond donors (Lipinski definition) is 3. The van der Waals surface area contributed by atoms with Crippen LogP contribution in [-0.4, -0.2) is 33.4 Å². The van der Waals surface area contributed by atoms with Crippen LogP contribution in [0.5, 0.6) is 5.75 Å². The lowest BCUT2D eigenvalue weighted by atomic mass is 10.1. The van der Waals surface area contributed by atoms with Crippen LogP contribution in [0.15, 0.2) is 47.4 Å². The molecule has 0 fully saturated rings. The summed E-state index contributed by atoms with van der Waals surface area (Å²) in [7, 11) is -3.69. The number of hydrogen-bond acceptors (Lipinski definition) is 5. The molecule has 9 heteroatoms. The van der Waals surface area contributed by atoms with Crippen LogP contribution in [0.2, 0.25) is 0 Å². The fraction of sp³-hybridized carbons (Fsp3) is 0.300. The zero-order chi connectivity index (χ0) is 21.4. The summed E-state index contributed by atoms with van der Waals surface area (Å²) in [6.07, 6.45) is 0.00222. The average molecular weight is 420 g/mol. The van der Waals surface area contributed by atoms with E-state index in [1.165, 1.54) is 6.07 Å². The number of nitrogens with two attached hydrogens (primary N) is 1. The molecule has 2 aromatic rings. The van der Waals surface area contributed by atoms with Crippen LogP contribution in [0.25, 0.3) is 0 Å². The second-order valence-electron chi connectivity index (χ2n) is 6.50. The molecule has 0 atom stereocenters. The van der Waals surface area contributed by atoms with Gasteiger partial charge in [-0.25, -0.2) is 13.1 Å². The summed E-state index contributed by atoms with van der Waals surface area (Å²) in [5, 5.41) is 2.68. The predicted octanol–water partition coefficient (Wildman–Crippen LogP) is 1.86. The quantitative estimate of drug-likeness (QED) is 0.542. The van der Waals surface area contributed by atoms with Crippen molar-refractivity contribution >= 4 is 27.5 Å². The highest BCUT2D eigenvalue weighted by Gasteiger charge is 2.15. The number of carbonyl (C=O) groups is 2. The lowest BCUT2D eigenvalue weighted by Gasteiger charge is -2.12. The molecular formula is C20H25N3O5S. The molecule has 29 heavy (non-hydrogen) atoms. The summed E-state index contributed by atoms with van der Waals surface area (Å²) < 4.78 is 32.6. The molecule has 2 aromatic carbocycles. The van der Waals surface area contributed by atoms with E-state index in [2.05, 4.69) is 10.0 Å². The van der Waals surface area contributed by atoms with Crippen molar-refractivity contribution in [2.75, 3.05) is 18.5 Å². The van der Waals surface area contributed by atoms with Crippen LogP contribution >= 0.6 is 0 Å². The topological polar surface area (TPSA) is 128 Å². The minimum atomic E-state index is -3.69. The van der Waals surface area contributed by atoms with E-state index in [1.807, 2.05) is 13.8 Å². The molecule has 0 unspecified atom stereocenters. The Hall–Kier alpha value is -2.91. The summed E-state index contributed by atoms with van der Waals surface area (Å²) in [4.78, 5) is 23.2. The third-order valence-corrected chi connectivity index (χ3v) is 5.66. The normalized spacial score (nSPS) is 11.1. The maximum atomic E-state index is 12.4. The minimum absolute atomic E-state index is 0.0498. The number of para-hydroxylation sites is 2. The van der Waals surface area contributed by atoms with Gasteiger partial charge in [-0.1, -0.05) is 18.2 Å². The maximum absolute atomic E-state index is 12.4. The Morgan fingerprint density at radius 1 is 1.03 bits per heavy atom.